The Kier molecular flexibility index (Phi) is 9.15. The summed E-state index contributed by atoms with van der Waals surface area (Å²) in [5.41, 5.74) is 1.62. The number of hydrogen-bond donors (Lipinski definition) is 2. The number of aliphatic imine (C=N–C) groups is 1. The number of guanidine groups is 1. The predicted octanol–water partition coefficient (Wildman–Crippen LogP) is 3.55. The van der Waals surface area contributed by atoms with Gasteiger partial charge < -0.3 is 20.3 Å². The molecule has 31 heavy (non-hydrogen) atoms. The quantitative estimate of drug-likeness (QED) is 0.345. The summed E-state index contributed by atoms with van der Waals surface area (Å²) < 4.78 is 7.23. The number of hydrogen-bond acceptors (Lipinski definition) is 4. The molecule has 0 bridgehead atoms. The van der Waals surface area contributed by atoms with Crippen LogP contribution in [0.1, 0.15) is 39.7 Å². The third-order valence-corrected chi connectivity index (χ3v) is 4.69. The SMILES string of the molecule is CCNC(=NCc1ccccc1-n1cccn1)N1CC[C@@H](NC(=O)OC(C)(C)C)C1.I. The highest BCUT2D eigenvalue weighted by Crippen LogP contribution is 2.16. The minimum absolute atomic E-state index is 0. The third-order valence-electron chi connectivity index (χ3n) is 4.69. The van der Waals surface area contributed by atoms with E-state index in [4.69, 9.17) is 9.73 Å². The average molecular weight is 540 g/mol. The largest absolute Gasteiger partial charge is 0.444 e. The lowest BCUT2D eigenvalue weighted by atomic mass is 10.2. The Labute approximate surface area is 201 Å². The van der Waals surface area contributed by atoms with Gasteiger partial charge in [-0.2, -0.15) is 5.10 Å². The lowest BCUT2D eigenvalue weighted by molar-refractivity contribution is 0.0507. The van der Waals surface area contributed by atoms with Crippen molar-refractivity contribution >= 4 is 36.0 Å². The van der Waals surface area contributed by atoms with Gasteiger partial charge in [0, 0.05) is 32.0 Å². The van der Waals surface area contributed by atoms with Crippen LogP contribution < -0.4 is 10.6 Å². The number of likely N-dealkylation sites (tertiary alicyclic amines) is 1. The predicted molar refractivity (Wildman–Crippen MR) is 133 cm³/mol. The summed E-state index contributed by atoms with van der Waals surface area (Å²) in [5, 5.41) is 10.7. The zero-order valence-corrected chi connectivity index (χ0v) is 21.0. The van der Waals surface area contributed by atoms with E-state index in [0.717, 1.165) is 36.7 Å². The summed E-state index contributed by atoms with van der Waals surface area (Å²) in [4.78, 5) is 19.1. The van der Waals surface area contributed by atoms with Crippen LogP contribution in [0.5, 0.6) is 0 Å². The molecule has 3 rings (SSSR count). The highest BCUT2D eigenvalue weighted by molar-refractivity contribution is 14.0. The summed E-state index contributed by atoms with van der Waals surface area (Å²) in [7, 11) is 0. The van der Waals surface area contributed by atoms with Crippen LogP contribution in [0.2, 0.25) is 0 Å². The molecule has 1 aromatic heterocycles. The van der Waals surface area contributed by atoms with Gasteiger partial charge >= 0.3 is 6.09 Å². The lowest BCUT2D eigenvalue weighted by Gasteiger charge is -2.23. The topological polar surface area (TPSA) is 83.8 Å². The van der Waals surface area contributed by atoms with Crippen LogP contribution in [-0.2, 0) is 11.3 Å². The van der Waals surface area contributed by atoms with E-state index >= 15 is 0 Å². The molecule has 8 nitrogen and oxygen atoms in total. The van der Waals surface area contributed by atoms with Crippen LogP contribution in [0.3, 0.4) is 0 Å². The first-order chi connectivity index (χ1) is 14.4. The van der Waals surface area contributed by atoms with E-state index in [1.165, 1.54) is 0 Å². The van der Waals surface area contributed by atoms with Gasteiger partial charge in [-0.05, 0) is 51.8 Å². The molecule has 170 valence electrons. The molecule has 1 saturated heterocycles. The highest BCUT2D eigenvalue weighted by atomic mass is 127. The number of nitrogens with zero attached hydrogens (tertiary/aromatic N) is 4. The van der Waals surface area contributed by atoms with Crippen LogP contribution in [-0.4, -0.2) is 58.0 Å². The van der Waals surface area contributed by atoms with Crippen LogP contribution in [0, 0.1) is 0 Å². The Bertz CT molecular complexity index is 863. The van der Waals surface area contributed by atoms with Gasteiger partial charge in [0.2, 0.25) is 0 Å². The van der Waals surface area contributed by atoms with Crippen molar-refractivity contribution in [1.29, 1.82) is 0 Å². The Morgan fingerprint density at radius 2 is 2.06 bits per heavy atom. The smallest absolute Gasteiger partial charge is 0.407 e. The lowest BCUT2D eigenvalue weighted by Crippen LogP contribution is -2.44. The van der Waals surface area contributed by atoms with E-state index in [9.17, 15) is 4.79 Å². The van der Waals surface area contributed by atoms with E-state index in [1.807, 2.05) is 55.9 Å². The monoisotopic (exact) mass is 540 g/mol. The number of nitrogens with one attached hydrogen (secondary N) is 2. The molecule has 1 atom stereocenters. The fourth-order valence-electron chi connectivity index (χ4n) is 3.41. The fraction of sp³-hybridized carbons (Fsp3) is 0.500. The molecular weight excluding hydrogens is 507 g/mol. The van der Waals surface area contributed by atoms with E-state index < -0.39 is 5.60 Å². The van der Waals surface area contributed by atoms with Crippen molar-refractivity contribution in [3.63, 3.8) is 0 Å². The van der Waals surface area contributed by atoms with Crippen molar-refractivity contribution in [2.45, 2.75) is 52.3 Å². The maximum absolute atomic E-state index is 12.1. The van der Waals surface area contributed by atoms with Gasteiger partial charge in [0.05, 0.1) is 18.3 Å². The number of amides is 1. The van der Waals surface area contributed by atoms with E-state index in [0.29, 0.717) is 13.1 Å². The van der Waals surface area contributed by atoms with Gasteiger partial charge in [-0.15, -0.1) is 24.0 Å². The zero-order chi connectivity index (χ0) is 21.6. The molecule has 2 heterocycles. The second-order valence-electron chi connectivity index (χ2n) is 8.33. The van der Waals surface area contributed by atoms with Crippen molar-refractivity contribution < 1.29 is 9.53 Å². The number of carbonyl (C=O) groups excluding carboxylic acids is 1. The number of rotatable bonds is 5. The van der Waals surface area contributed by atoms with Crippen molar-refractivity contribution in [2.75, 3.05) is 19.6 Å². The molecule has 1 fully saturated rings. The van der Waals surface area contributed by atoms with E-state index in [2.05, 4.69) is 33.6 Å². The van der Waals surface area contributed by atoms with Gasteiger partial charge in [-0.3, -0.25) is 0 Å². The maximum atomic E-state index is 12.1. The molecule has 0 saturated carbocycles. The number of para-hydroxylation sites is 1. The molecule has 1 aliphatic rings. The Morgan fingerprint density at radius 1 is 1.29 bits per heavy atom. The van der Waals surface area contributed by atoms with Crippen molar-refractivity contribution in [1.82, 2.24) is 25.3 Å². The van der Waals surface area contributed by atoms with Crippen molar-refractivity contribution in [3.8, 4) is 5.69 Å². The molecule has 0 radical (unpaired) electrons. The Balaban J connectivity index is 0.00000341. The second-order valence-corrected chi connectivity index (χ2v) is 8.33. The maximum Gasteiger partial charge on any atom is 0.407 e. The summed E-state index contributed by atoms with van der Waals surface area (Å²) in [5.74, 6) is 0.848. The average Bonchev–Trinajstić information content (AvgIpc) is 3.36. The number of benzene rings is 1. The summed E-state index contributed by atoms with van der Waals surface area (Å²) in [6.07, 6.45) is 4.19. The summed E-state index contributed by atoms with van der Waals surface area (Å²) >= 11 is 0. The molecule has 2 aromatic rings. The van der Waals surface area contributed by atoms with Crippen molar-refractivity contribution in [2.24, 2.45) is 4.99 Å². The Morgan fingerprint density at radius 3 is 2.74 bits per heavy atom. The first kappa shape index (κ1) is 25.0. The van der Waals surface area contributed by atoms with Crippen LogP contribution >= 0.6 is 24.0 Å². The van der Waals surface area contributed by atoms with Crippen LogP contribution in [0.25, 0.3) is 5.69 Å². The number of halogens is 1. The Hall–Kier alpha value is -2.30. The molecule has 1 aliphatic heterocycles. The van der Waals surface area contributed by atoms with Crippen LogP contribution in [0.15, 0.2) is 47.7 Å². The number of alkyl carbamates (subject to hydrolysis) is 1. The number of carbonyl (C=O) groups is 1. The van der Waals surface area contributed by atoms with Gasteiger partial charge in [0.1, 0.15) is 5.60 Å². The molecule has 1 aromatic carbocycles. The van der Waals surface area contributed by atoms with Gasteiger partial charge in [0.25, 0.3) is 0 Å². The third kappa shape index (κ3) is 7.41. The highest BCUT2D eigenvalue weighted by Gasteiger charge is 2.27. The first-order valence-electron chi connectivity index (χ1n) is 10.5. The molecule has 0 aliphatic carbocycles. The normalized spacial score (nSPS) is 16.6. The molecule has 9 heteroatoms. The molecule has 2 N–H and O–H groups in total. The minimum Gasteiger partial charge on any atom is -0.444 e. The molecule has 1 amide bonds. The van der Waals surface area contributed by atoms with E-state index in [-0.39, 0.29) is 36.1 Å². The summed E-state index contributed by atoms with van der Waals surface area (Å²) in [6, 6.07) is 10.1. The van der Waals surface area contributed by atoms with E-state index in [1.54, 1.807) is 6.20 Å². The minimum atomic E-state index is -0.499. The molecule has 0 spiro atoms. The van der Waals surface area contributed by atoms with Crippen molar-refractivity contribution in [3.05, 3.63) is 48.3 Å². The number of aromatic nitrogens is 2. The van der Waals surface area contributed by atoms with Gasteiger partial charge in [-0.1, -0.05) is 18.2 Å². The van der Waals surface area contributed by atoms with Gasteiger partial charge in [0.15, 0.2) is 5.96 Å². The standard InChI is InChI=1S/C22H32N6O2.HI/c1-5-23-20(27-14-11-18(16-27)26-21(29)30-22(2,3)4)24-15-17-9-6-7-10-19(17)28-13-8-12-25-28;/h6-10,12-13,18H,5,11,14-16H2,1-4H3,(H,23,24)(H,26,29);1H/t18-;/m1./s1. The fourth-order valence-corrected chi connectivity index (χ4v) is 3.41. The first-order valence-corrected chi connectivity index (χ1v) is 10.5. The van der Waals surface area contributed by atoms with Crippen LogP contribution in [0.4, 0.5) is 4.79 Å². The second kappa shape index (κ2) is 11.4. The molecular formula is C22H33IN6O2. The molecule has 0 unspecified atom stereocenters. The summed E-state index contributed by atoms with van der Waals surface area (Å²) in [6.45, 7) is 10.5. The number of ether oxygens (including phenoxy) is 1. The van der Waals surface area contributed by atoms with Gasteiger partial charge in [-0.25, -0.2) is 14.5 Å². The zero-order valence-electron chi connectivity index (χ0n) is 18.7.